The maximum atomic E-state index is 12.0. The predicted molar refractivity (Wildman–Crippen MR) is 101 cm³/mol. The summed E-state index contributed by atoms with van der Waals surface area (Å²) in [5.41, 5.74) is 10.3. The molecule has 0 unspecified atom stereocenters. The molecule has 6 nitrogen and oxygen atoms in total. The topological polar surface area (TPSA) is 93.2 Å². The number of aliphatic hydroxyl groups is 1. The van der Waals surface area contributed by atoms with E-state index in [0.717, 1.165) is 56.3 Å². The monoisotopic (exact) mass is 354 g/mol. The number of carbonyl (C=O) groups excluding carboxylic acids is 1. The largest absolute Gasteiger partial charge is 0.393 e. The van der Waals surface area contributed by atoms with Gasteiger partial charge >= 0.3 is 0 Å². The van der Waals surface area contributed by atoms with Crippen molar-refractivity contribution in [3.63, 3.8) is 0 Å². The Kier molecular flexibility index (Phi) is 4.68. The van der Waals surface area contributed by atoms with Gasteiger partial charge in [-0.2, -0.15) is 5.10 Å². The number of nitrogens with one attached hydrogen (secondary N) is 1. The summed E-state index contributed by atoms with van der Waals surface area (Å²) in [5, 5.41) is 17.8. The van der Waals surface area contributed by atoms with E-state index in [1.165, 1.54) is 17.7 Å². The minimum atomic E-state index is -0.438. The second-order valence-corrected chi connectivity index (χ2v) is 7.48. The molecule has 2 aliphatic carbocycles. The number of anilines is 1. The van der Waals surface area contributed by atoms with E-state index in [4.69, 9.17) is 5.73 Å². The molecule has 0 spiro atoms. The van der Waals surface area contributed by atoms with Gasteiger partial charge in [0.1, 0.15) is 0 Å². The summed E-state index contributed by atoms with van der Waals surface area (Å²) in [5.74, 6) is -0.438. The number of aromatic nitrogens is 2. The number of carbonyl (C=O) groups is 1. The van der Waals surface area contributed by atoms with Crippen molar-refractivity contribution in [2.45, 2.75) is 63.5 Å². The molecule has 1 fully saturated rings. The highest BCUT2D eigenvalue weighted by Gasteiger charge is 2.22. The maximum Gasteiger partial charge on any atom is 0.250 e. The van der Waals surface area contributed by atoms with Crippen LogP contribution in [0, 0.1) is 0 Å². The van der Waals surface area contributed by atoms with Crippen LogP contribution < -0.4 is 11.1 Å². The third kappa shape index (κ3) is 3.33. The van der Waals surface area contributed by atoms with Gasteiger partial charge in [0, 0.05) is 17.4 Å². The number of hydrogen-bond acceptors (Lipinski definition) is 4. The Morgan fingerprint density at radius 3 is 2.73 bits per heavy atom. The first-order valence-electron chi connectivity index (χ1n) is 9.56. The fourth-order valence-corrected chi connectivity index (χ4v) is 4.16. The summed E-state index contributed by atoms with van der Waals surface area (Å²) in [6.07, 6.45) is 9.67. The molecule has 1 heterocycles. The lowest BCUT2D eigenvalue weighted by Gasteiger charge is -2.27. The van der Waals surface area contributed by atoms with Crippen LogP contribution in [0.3, 0.4) is 0 Å². The van der Waals surface area contributed by atoms with E-state index in [9.17, 15) is 9.90 Å². The van der Waals surface area contributed by atoms with E-state index in [0.29, 0.717) is 11.6 Å². The molecule has 1 saturated carbocycles. The van der Waals surface area contributed by atoms with Gasteiger partial charge in [-0.1, -0.05) is 0 Å². The molecule has 1 aromatic heterocycles. The summed E-state index contributed by atoms with van der Waals surface area (Å²) < 4.78 is 1.89. The number of rotatable bonds is 4. The fraction of sp³-hybridized carbons (Fsp3) is 0.500. The van der Waals surface area contributed by atoms with Gasteiger partial charge in [0.2, 0.25) is 0 Å². The molecule has 4 N–H and O–H groups in total. The summed E-state index contributed by atoms with van der Waals surface area (Å²) in [6.45, 7) is 0. The molecule has 1 amide bonds. The predicted octanol–water partition coefficient (Wildman–Crippen LogP) is 2.57. The molecule has 0 bridgehead atoms. The lowest BCUT2D eigenvalue weighted by molar-refractivity contribution is 0.1000. The fourth-order valence-electron chi connectivity index (χ4n) is 4.16. The molecule has 6 heteroatoms. The average molecular weight is 354 g/mol. The number of nitrogens with zero attached hydrogens (tertiary/aromatic N) is 2. The van der Waals surface area contributed by atoms with Gasteiger partial charge < -0.3 is 16.2 Å². The number of benzene rings is 1. The van der Waals surface area contributed by atoms with Gasteiger partial charge in [-0.05, 0) is 75.1 Å². The van der Waals surface area contributed by atoms with Crippen LogP contribution in [0.5, 0.6) is 0 Å². The van der Waals surface area contributed by atoms with Crippen molar-refractivity contribution in [2.24, 2.45) is 5.73 Å². The van der Waals surface area contributed by atoms with Crippen molar-refractivity contribution in [2.75, 3.05) is 5.32 Å². The SMILES string of the molecule is NC(=O)c1ccc(NC2CCC(O)CC2)cc1-n1ncc2c1CCCC2. The first-order valence-corrected chi connectivity index (χ1v) is 9.56. The number of fused-ring (bicyclic) bond motifs is 1. The minimum Gasteiger partial charge on any atom is -0.393 e. The standard InChI is InChI=1S/C20H26N4O2/c21-20(26)17-10-7-15(23-14-5-8-16(25)9-6-14)11-19(17)24-18-4-2-1-3-13(18)12-22-24/h7,10-12,14,16,23,25H,1-6,8-9H2,(H2,21,26). The normalized spacial score (nSPS) is 22.7. The highest BCUT2D eigenvalue weighted by molar-refractivity contribution is 5.97. The molecular weight excluding hydrogens is 328 g/mol. The third-order valence-electron chi connectivity index (χ3n) is 5.62. The first-order chi connectivity index (χ1) is 12.6. The summed E-state index contributed by atoms with van der Waals surface area (Å²) in [6, 6.07) is 6.02. The quantitative estimate of drug-likeness (QED) is 0.787. The smallest absolute Gasteiger partial charge is 0.250 e. The van der Waals surface area contributed by atoms with Gasteiger partial charge in [-0.25, -0.2) is 4.68 Å². The zero-order chi connectivity index (χ0) is 18.1. The zero-order valence-electron chi connectivity index (χ0n) is 14.9. The Bertz CT molecular complexity index is 806. The molecule has 0 atom stereocenters. The van der Waals surface area contributed by atoms with Crippen molar-refractivity contribution in [3.05, 3.63) is 41.2 Å². The van der Waals surface area contributed by atoms with Crippen LogP contribution in [0.1, 0.15) is 60.1 Å². The Morgan fingerprint density at radius 2 is 1.96 bits per heavy atom. The molecule has 2 aliphatic rings. The van der Waals surface area contributed by atoms with Crippen LogP contribution in [0.4, 0.5) is 5.69 Å². The van der Waals surface area contributed by atoms with E-state index in [1.54, 1.807) is 6.07 Å². The van der Waals surface area contributed by atoms with E-state index >= 15 is 0 Å². The third-order valence-corrected chi connectivity index (χ3v) is 5.62. The molecular formula is C20H26N4O2. The van der Waals surface area contributed by atoms with E-state index in [1.807, 2.05) is 23.0 Å². The maximum absolute atomic E-state index is 12.0. The van der Waals surface area contributed by atoms with Crippen LogP contribution in [-0.2, 0) is 12.8 Å². The lowest BCUT2D eigenvalue weighted by Crippen LogP contribution is -2.28. The van der Waals surface area contributed by atoms with Crippen molar-refractivity contribution in [1.82, 2.24) is 9.78 Å². The zero-order valence-corrected chi connectivity index (χ0v) is 14.9. The van der Waals surface area contributed by atoms with E-state index in [-0.39, 0.29) is 6.10 Å². The van der Waals surface area contributed by atoms with Crippen molar-refractivity contribution < 1.29 is 9.90 Å². The van der Waals surface area contributed by atoms with Gasteiger partial charge in [0.25, 0.3) is 5.91 Å². The van der Waals surface area contributed by atoms with Crippen molar-refractivity contribution >= 4 is 11.6 Å². The number of aliphatic hydroxyl groups excluding tert-OH is 1. The highest BCUT2D eigenvalue weighted by Crippen LogP contribution is 2.28. The minimum absolute atomic E-state index is 0.170. The highest BCUT2D eigenvalue weighted by atomic mass is 16.3. The molecule has 26 heavy (non-hydrogen) atoms. The van der Waals surface area contributed by atoms with Crippen LogP contribution in [0.15, 0.2) is 24.4 Å². The van der Waals surface area contributed by atoms with Gasteiger partial charge in [-0.3, -0.25) is 4.79 Å². The Morgan fingerprint density at radius 1 is 1.19 bits per heavy atom. The van der Waals surface area contributed by atoms with Gasteiger partial charge in [-0.15, -0.1) is 0 Å². The Labute approximate surface area is 153 Å². The summed E-state index contributed by atoms with van der Waals surface area (Å²) in [7, 11) is 0. The number of nitrogens with two attached hydrogens (primary N) is 1. The molecule has 0 radical (unpaired) electrons. The van der Waals surface area contributed by atoms with Crippen LogP contribution in [0.2, 0.25) is 0 Å². The van der Waals surface area contributed by atoms with Crippen LogP contribution in [-0.4, -0.2) is 32.9 Å². The van der Waals surface area contributed by atoms with Crippen LogP contribution in [0.25, 0.3) is 5.69 Å². The van der Waals surface area contributed by atoms with Crippen molar-refractivity contribution in [3.8, 4) is 5.69 Å². The van der Waals surface area contributed by atoms with Gasteiger partial charge in [0.05, 0.1) is 23.6 Å². The second kappa shape index (κ2) is 7.11. The Balaban J connectivity index is 1.66. The molecule has 0 saturated heterocycles. The lowest BCUT2D eigenvalue weighted by atomic mass is 9.93. The summed E-state index contributed by atoms with van der Waals surface area (Å²) >= 11 is 0. The molecule has 138 valence electrons. The molecule has 4 rings (SSSR count). The first kappa shape index (κ1) is 17.1. The number of primary amides is 1. The second-order valence-electron chi connectivity index (χ2n) is 7.48. The summed E-state index contributed by atoms with van der Waals surface area (Å²) in [4.78, 5) is 12.0. The van der Waals surface area contributed by atoms with Crippen LogP contribution >= 0.6 is 0 Å². The average Bonchev–Trinajstić information content (AvgIpc) is 3.07. The molecule has 1 aromatic carbocycles. The number of amides is 1. The Hall–Kier alpha value is -2.34. The number of aryl methyl sites for hydroxylation is 1. The van der Waals surface area contributed by atoms with Crippen molar-refractivity contribution in [1.29, 1.82) is 0 Å². The number of hydrogen-bond donors (Lipinski definition) is 3. The van der Waals surface area contributed by atoms with Gasteiger partial charge in [0.15, 0.2) is 0 Å². The van der Waals surface area contributed by atoms with E-state index in [2.05, 4.69) is 10.4 Å². The van der Waals surface area contributed by atoms with E-state index < -0.39 is 5.91 Å². The molecule has 0 aliphatic heterocycles. The molecule has 2 aromatic rings.